The summed E-state index contributed by atoms with van der Waals surface area (Å²) in [7, 11) is -2.94. The van der Waals surface area contributed by atoms with Gasteiger partial charge >= 0.3 is 0 Å². The number of nitrogens with zero attached hydrogens (tertiary/aromatic N) is 1. The first-order chi connectivity index (χ1) is 27.6. The van der Waals surface area contributed by atoms with Crippen LogP contribution in [0.15, 0.2) is 104 Å². The first-order valence-corrected chi connectivity index (χ1v) is 22.5. The van der Waals surface area contributed by atoms with Crippen molar-refractivity contribution < 1.29 is 28.4 Å². The Morgan fingerprint density at radius 1 is 0.931 bits per heavy atom. The number of unbranched alkanes of at least 4 members (excludes halogenated alkanes) is 1. The number of hydrogen-bond acceptors (Lipinski definition) is 6. The molecule has 308 valence electrons. The molecule has 2 aliphatic heterocycles. The molecule has 0 spiro atoms. The fraction of sp³-hybridized carbons (Fsp3) is 0.426. The predicted octanol–water partition coefficient (Wildman–Crippen LogP) is 5.39. The average Bonchev–Trinajstić information content (AvgIpc) is 3.72. The van der Waals surface area contributed by atoms with Gasteiger partial charge in [-0.1, -0.05) is 131 Å². The van der Waals surface area contributed by atoms with Crippen LogP contribution in [0.4, 0.5) is 0 Å². The van der Waals surface area contributed by atoms with Crippen molar-refractivity contribution in [2.45, 2.75) is 121 Å². The standard InChI is InChI=1S/C47H60N4O6Si/c1-8-34-27-29-35(30-28-34)32-39-44(55)51-31-19-25-40(51)43(54)48-38(42(53)50-47(7,9-2)45(56)49-39)24-17-12-18-26-41(52)33(3)57-58(46(4,5)6,36-20-13-10-14-21-36)37-22-15-11-16-23-37/h8,10-11,13-16,18,20-23,26-30,33,38-40H,1,9,12,17,19,24-25,31-32H2,2-7H3,(H,48,54)(H,49,56)(H,50,53)/b26-18+/t33-,38+,39+,40-,47+/m1/s1. The lowest BCUT2D eigenvalue weighted by atomic mass is 9.94. The van der Waals surface area contributed by atoms with Crippen molar-refractivity contribution in [3.63, 3.8) is 0 Å². The SMILES string of the molecule is C=Cc1ccc(C[C@@H]2NC(=O)[C@](C)(CC)NC(=O)[C@H](CCC/C=C/C(=O)[C@@H](C)O[Si](c3ccccc3)(c3ccccc3)C(C)(C)C)NC(=O)[C@H]3CCCN3C2=O)cc1. The van der Waals surface area contributed by atoms with Crippen LogP contribution in [0.2, 0.25) is 5.04 Å². The number of rotatable bonds is 14. The molecular weight excluding hydrogens is 745 g/mol. The number of carbonyl (C=O) groups is 5. The summed E-state index contributed by atoms with van der Waals surface area (Å²) < 4.78 is 6.98. The smallest absolute Gasteiger partial charge is 0.262 e. The van der Waals surface area contributed by atoms with Crippen LogP contribution in [-0.2, 0) is 34.8 Å². The molecule has 3 N–H and O–H groups in total. The molecule has 5 atom stereocenters. The van der Waals surface area contributed by atoms with Gasteiger partial charge in [0.25, 0.3) is 8.32 Å². The molecule has 2 aliphatic rings. The fourth-order valence-electron chi connectivity index (χ4n) is 8.04. The minimum Gasteiger partial charge on any atom is -0.397 e. The van der Waals surface area contributed by atoms with Gasteiger partial charge in [-0.05, 0) is 85.0 Å². The Morgan fingerprint density at radius 3 is 2.12 bits per heavy atom. The van der Waals surface area contributed by atoms with E-state index in [1.54, 1.807) is 43.9 Å². The molecule has 0 unspecified atom stereocenters. The molecule has 11 heteroatoms. The molecule has 58 heavy (non-hydrogen) atoms. The van der Waals surface area contributed by atoms with E-state index in [-0.39, 0.29) is 36.0 Å². The minimum absolute atomic E-state index is 0.159. The highest BCUT2D eigenvalue weighted by molar-refractivity contribution is 6.99. The van der Waals surface area contributed by atoms with Gasteiger partial charge in [-0.3, -0.25) is 24.0 Å². The van der Waals surface area contributed by atoms with Gasteiger partial charge in [0.05, 0.1) is 0 Å². The van der Waals surface area contributed by atoms with Crippen molar-refractivity contribution in [1.29, 1.82) is 0 Å². The zero-order chi connectivity index (χ0) is 42.1. The summed E-state index contributed by atoms with van der Waals surface area (Å²) in [6, 6.07) is 25.3. The molecular formula is C47H60N4O6Si. The first-order valence-electron chi connectivity index (χ1n) is 20.6. The van der Waals surface area contributed by atoms with Gasteiger partial charge in [0.1, 0.15) is 29.8 Å². The van der Waals surface area contributed by atoms with Crippen molar-refractivity contribution in [3.8, 4) is 0 Å². The molecule has 2 fully saturated rings. The van der Waals surface area contributed by atoms with Crippen molar-refractivity contribution >= 4 is 54.2 Å². The maximum atomic E-state index is 14.1. The highest BCUT2D eigenvalue weighted by atomic mass is 28.4. The van der Waals surface area contributed by atoms with E-state index < -0.39 is 55.8 Å². The monoisotopic (exact) mass is 804 g/mol. The summed E-state index contributed by atoms with van der Waals surface area (Å²) >= 11 is 0. The maximum Gasteiger partial charge on any atom is 0.262 e. The second-order valence-corrected chi connectivity index (χ2v) is 21.0. The normalized spacial score (nSPS) is 22.6. The largest absolute Gasteiger partial charge is 0.397 e. The maximum absolute atomic E-state index is 14.1. The lowest BCUT2D eigenvalue weighted by Crippen LogP contribution is -2.68. The highest BCUT2D eigenvalue weighted by Gasteiger charge is 2.51. The van der Waals surface area contributed by atoms with Gasteiger partial charge < -0.3 is 25.3 Å². The van der Waals surface area contributed by atoms with Crippen LogP contribution in [0, 0.1) is 0 Å². The first kappa shape index (κ1) is 44.0. The second-order valence-electron chi connectivity index (χ2n) is 16.8. The third-order valence-corrected chi connectivity index (χ3v) is 16.8. The Kier molecular flexibility index (Phi) is 14.5. The molecule has 3 aromatic carbocycles. The van der Waals surface area contributed by atoms with Crippen LogP contribution in [0.5, 0.6) is 0 Å². The molecule has 0 aliphatic carbocycles. The topological polar surface area (TPSA) is 134 Å². The van der Waals surface area contributed by atoms with Crippen LogP contribution in [-0.4, -0.2) is 78.9 Å². The second kappa shape index (κ2) is 19.1. The fourth-order valence-corrected chi connectivity index (χ4v) is 12.7. The lowest BCUT2D eigenvalue weighted by molar-refractivity contribution is -0.144. The summed E-state index contributed by atoms with van der Waals surface area (Å²) in [6.45, 7) is 15.9. The average molecular weight is 805 g/mol. The number of allylic oxidation sites excluding steroid dienone is 1. The van der Waals surface area contributed by atoms with E-state index in [1.807, 2.05) is 60.7 Å². The number of nitrogens with one attached hydrogen (secondary N) is 3. The Bertz CT molecular complexity index is 1920. The molecule has 0 radical (unpaired) electrons. The molecule has 0 aromatic heterocycles. The summed E-state index contributed by atoms with van der Waals surface area (Å²) in [6.07, 6.45) is 7.10. The highest BCUT2D eigenvalue weighted by Crippen LogP contribution is 2.37. The van der Waals surface area contributed by atoms with E-state index in [2.05, 4.69) is 67.6 Å². The molecule has 0 bridgehead atoms. The van der Waals surface area contributed by atoms with Gasteiger partial charge in [0.2, 0.25) is 23.6 Å². The van der Waals surface area contributed by atoms with Crippen LogP contribution in [0.1, 0.15) is 91.2 Å². The molecule has 0 saturated carbocycles. The van der Waals surface area contributed by atoms with E-state index >= 15 is 0 Å². The Labute approximate surface area is 345 Å². The predicted molar refractivity (Wildman–Crippen MR) is 232 cm³/mol. The quantitative estimate of drug-likeness (QED) is 0.114. The molecule has 4 amide bonds. The van der Waals surface area contributed by atoms with E-state index in [9.17, 15) is 24.0 Å². The Morgan fingerprint density at radius 2 is 1.55 bits per heavy atom. The van der Waals surface area contributed by atoms with Crippen LogP contribution in [0.25, 0.3) is 6.08 Å². The number of carbonyl (C=O) groups excluding carboxylic acids is 5. The molecule has 5 rings (SSSR count). The number of fused-ring (bicyclic) bond motifs is 1. The zero-order valence-corrected chi connectivity index (χ0v) is 35.9. The molecule has 10 nitrogen and oxygen atoms in total. The van der Waals surface area contributed by atoms with Crippen LogP contribution in [0.3, 0.4) is 0 Å². The van der Waals surface area contributed by atoms with Crippen molar-refractivity contribution in [3.05, 3.63) is 115 Å². The summed E-state index contributed by atoms with van der Waals surface area (Å²) in [4.78, 5) is 70.9. The van der Waals surface area contributed by atoms with Gasteiger partial charge in [0, 0.05) is 13.0 Å². The van der Waals surface area contributed by atoms with Gasteiger partial charge in [-0.2, -0.15) is 0 Å². The lowest BCUT2D eigenvalue weighted by Gasteiger charge is -2.44. The molecule has 3 aromatic rings. The van der Waals surface area contributed by atoms with E-state index in [4.69, 9.17) is 4.43 Å². The Balaban J connectivity index is 1.29. The van der Waals surface area contributed by atoms with Crippen molar-refractivity contribution in [2.24, 2.45) is 0 Å². The van der Waals surface area contributed by atoms with E-state index in [1.165, 1.54) is 0 Å². The van der Waals surface area contributed by atoms with Crippen LogP contribution >= 0.6 is 0 Å². The minimum atomic E-state index is -2.94. The van der Waals surface area contributed by atoms with Gasteiger partial charge in [0.15, 0.2) is 5.78 Å². The van der Waals surface area contributed by atoms with Crippen molar-refractivity contribution in [2.75, 3.05) is 6.54 Å². The number of benzene rings is 3. The van der Waals surface area contributed by atoms with E-state index in [0.29, 0.717) is 32.2 Å². The third-order valence-electron chi connectivity index (χ3n) is 11.7. The van der Waals surface area contributed by atoms with Crippen LogP contribution < -0.4 is 26.3 Å². The zero-order valence-electron chi connectivity index (χ0n) is 34.9. The van der Waals surface area contributed by atoms with E-state index in [0.717, 1.165) is 21.5 Å². The third kappa shape index (κ3) is 9.93. The summed E-state index contributed by atoms with van der Waals surface area (Å²) in [5.74, 6) is -1.84. The summed E-state index contributed by atoms with van der Waals surface area (Å²) in [5.41, 5.74) is 0.430. The summed E-state index contributed by atoms with van der Waals surface area (Å²) in [5, 5.41) is 10.7. The molecule has 2 saturated heterocycles. The van der Waals surface area contributed by atoms with Gasteiger partial charge in [-0.25, -0.2) is 0 Å². The number of ketones is 1. The van der Waals surface area contributed by atoms with Gasteiger partial charge in [-0.15, -0.1) is 0 Å². The number of hydrogen-bond donors (Lipinski definition) is 3. The molecule has 2 heterocycles. The number of amides is 4. The Hall–Kier alpha value is -5.13. The van der Waals surface area contributed by atoms with Crippen molar-refractivity contribution in [1.82, 2.24) is 20.9 Å².